The lowest BCUT2D eigenvalue weighted by molar-refractivity contribution is 0.487. The van der Waals surface area contributed by atoms with Gasteiger partial charge in [-0.25, -0.2) is 0 Å². The summed E-state index contributed by atoms with van der Waals surface area (Å²) in [4.78, 5) is 4.64. The zero-order valence-electron chi connectivity index (χ0n) is 33.4. The maximum absolute atomic E-state index is 6.88. The predicted octanol–water partition coefficient (Wildman–Crippen LogP) is 16.6. The van der Waals surface area contributed by atoms with Crippen molar-refractivity contribution in [2.24, 2.45) is 0 Å². The molecule has 0 spiro atoms. The van der Waals surface area contributed by atoms with Crippen molar-refractivity contribution in [2.75, 3.05) is 9.80 Å². The second-order valence-electron chi connectivity index (χ2n) is 15.3. The van der Waals surface area contributed by atoms with Gasteiger partial charge in [0.1, 0.15) is 11.5 Å². The van der Waals surface area contributed by atoms with Crippen LogP contribution in [0.1, 0.15) is 0 Å². The van der Waals surface area contributed by atoms with Crippen molar-refractivity contribution in [3.8, 4) is 56.0 Å². The van der Waals surface area contributed by atoms with Crippen molar-refractivity contribution >= 4 is 44.9 Å². The summed E-state index contributed by atoms with van der Waals surface area (Å²) >= 11 is 0. The molecule has 0 aliphatic carbocycles. The summed E-state index contributed by atoms with van der Waals surface area (Å²) in [7, 11) is 0. The van der Waals surface area contributed by atoms with E-state index < -0.39 is 0 Å². The lowest BCUT2D eigenvalue weighted by Gasteiger charge is -2.30. The Morgan fingerprint density at radius 3 is 1.20 bits per heavy atom. The van der Waals surface area contributed by atoms with Crippen LogP contribution in [0.5, 0.6) is 11.5 Å². The zero-order valence-corrected chi connectivity index (χ0v) is 33.4. The van der Waals surface area contributed by atoms with Crippen LogP contribution in [-0.4, -0.2) is 0 Å². The van der Waals surface area contributed by atoms with Gasteiger partial charge >= 0.3 is 0 Å². The van der Waals surface area contributed by atoms with Crippen molar-refractivity contribution in [3.05, 3.63) is 243 Å². The number of hydrogen-bond donors (Lipinski definition) is 0. The zero-order chi connectivity index (χ0) is 40.5. The van der Waals surface area contributed by atoms with Crippen LogP contribution >= 0.6 is 0 Å². The van der Waals surface area contributed by atoms with E-state index in [1.807, 2.05) is 0 Å². The second kappa shape index (κ2) is 15.6. The van der Waals surface area contributed by atoms with Gasteiger partial charge in [0.05, 0.1) is 5.69 Å². The Hall–Kier alpha value is -8.14. The van der Waals surface area contributed by atoms with Gasteiger partial charge in [0.15, 0.2) is 0 Å². The summed E-state index contributed by atoms with van der Waals surface area (Å²) in [6.07, 6.45) is 0. The molecule has 0 unspecified atom stereocenters. The summed E-state index contributed by atoms with van der Waals surface area (Å²) in [6.45, 7) is 0. The minimum Gasteiger partial charge on any atom is -0.456 e. The highest BCUT2D eigenvalue weighted by molar-refractivity contribution is 6.11. The summed E-state index contributed by atoms with van der Waals surface area (Å²) in [5.74, 6) is 1.68. The number of fused-ring (bicyclic) bond motifs is 2. The molecule has 0 saturated heterocycles. The predicted molar refractivity (Wildman–Crippen MR) is 255 cm³/mol. The Bertz CT molecular complexity index is 3070. The van der Waals surface area contributed by atoms with E-state index in [2.05, 4.69) is 252 Å². The minimum atomic E-state index is 0.836. The molecule has 1 aliphatic heterocycles. The highest BCUT2D eigenvalue weighted by atomic mass is 16.5. The number of hydrogen-bond acceptors (Lipinski definition) is 3. The summed E-state index contributed by atoms with van der Waals surface area (Å²) < 4.78 is 6.88. The number of anilines is 6. The molecule has 0 atom stereocenters. The number of benzene rings is 10. The van der Waals surface area contributed by atoms with Crippen molar-refractivity contribution in [1.29, 1.82) is 0 Å². The highest BCUT2D eigenvalue weighted by Crippen LogP contribution is 2.52. The SMILES string of the molecule is c1ccc(-c2ccc(-c3ccc(N(c4ccc(-c5ccccc5)cc4)c4ccc5c6c(cccc46)-c4ccc(N(c6ccccc6)c6ccccc6)cc4O5)cc3)cc2)cc1. The van der Waals surface area contributed by atoms with E-state index in [1.54, 1.807) is 0 Å². The number of ether oxygens (including phenoxy) is 1. The minimum absolute atomic E-state index is 0.836. The van der Waals surface area contributed by atoms with Crippen molar-refractivity contribution in [3.63, 3.8) is 0 Å². The van der Waals surface area contributed by atoms with Gasteiger partial charge in [-0.3, -0.25) is 0 Å². The Balaban J connectivity index is 0.999. The van der Waals surface area contributed by atoms with Crippen molar-refractivity contribution < 1.29 is 4.74 Å². The van der Waals surface area contributed by atoms with Crippen LogP contribution in [0.3, 0.4) is 0 Å². The lowest BCUT2D eigenvalue weighted by atomic mass is 9.93. The summed E-state index contributed by atoms with van der Waals surface area (Å²) in [5, 5.41) is 2.22. The highest BCUT2D eigenvalue weighted by Gasteiger charge is 2.25. The molecule has 11 rings (SSSR count). The van der Waals surface area contributed by atoms with E-state index in [-0.39, 0.29) is 0 Å². The van der Waals surface area contributed by atoms with E-state index >= 15 is 0 Å². The molecule has 3 heteroatoms. The van der Waals surface area contributed by atoms with Gasteiger partial charge in [0.2, 0.25) is 0 Å². The molecule has 288 valence electrons. The molecule has 0 N–H and O–H groups in total. The number of para-hydroxylation sites is 2. The van der Waals surface area contributed by atoms with Gasteiger partial charge in [0.25, 0.3) is 0 Å². The monoisotopic (exact) mass is 780 g/mol. The maximum atomic E-state index is 6.88. The van der Waals surface area contributed by atoms with Gasteiger partial charge in [-0.05, 0) is 112 Å². The fraction of sp³-hybridized carbons (Fsp3) is 0. The Labute approximate surface area is 356 Å². The van der Waals surface area contributed by atoms with E-state index in [0.29, 0.717) is 0 Å². The summed E-state index contributed by atoms with van der Waals surface area (Å²) in [5.41, 5.74) is 15.8. The number of nitrogens with zero attached hydrogens (tertiary/aromatic N) is 2. The van der Waals surface area contributed by atoms with Crippen LogP contribution in [-0.2, 0) is 0 Å². The standard InChI is InChI=1S/C58H40N2O/c1-5-14-41(15-6-1)43-24-26-44(27-25-43)46-30-34-50(35-31-46)60(49-32-28-45(29-33-49)42-16-7-2-8-17-42)55-38-39-56-58-53(22-13-23-54(55)58)52-37-36-51(40-57(52)61-56)59(47-18-9-3-10-19-47)48-20-11-4-12-21-48/h1-40H. The van der Waals surface area contributed by atoms with E-state index in [9.17, 15) is 0 Å². The van der Waals surface area contributed by atoms with Crippen LogP contribution < -0.4 is 14.5 Å². The summed E-state index contributed by atoms with van der Waals surface area (Å²) in [6, 6.07) is 86.3. The van der Waals surface area contributed by atoms with E-state index in [4.69, 9.17) is 4.74 Å². The lowest BCUT2D eigenvalue weighted by Crippen LogP contribution is -2.12. The van der Waals surface area contributed by atoms with Crippen LogP contribution in [0.4, 0.5) is 34.1 Å². The third-order valence-electron chi connectivity index (χ3n) is 11.7. The third kappa shape index (κ3) is 6.78. The maximum Gasteiger partial charge on any atom is 0.137 e. The molecular formula is C58H40N2O. The van der Waals surface area contributed by atoms with Gasteiger partial charge < -0.3 is 14.5 Å². The molecule has 61 heavy (non-hydrogen) atoms. The van der Waals surface area contributed by atoms with Gasteiger partial charge in [-0.2, -0.15) is 0 Å². The first-order valence-electron chi connectivity index (χ1n) is 20.7. The molecule has 1 aliphatic rings. The fourth-order valence-electron chi connectivity index (χ4n) is 8.69. The second-order valence-corrected chi connectivity index (χ2v) is 15.3. The fourth-order valence-corrected chi connectivity index (χ4v) is 8.69. The Morgan fingerprint density at radius 2 is 0.689 bits per heavy atom. The largest absolute Gasteiger partial charge is 0.456 e. The first kappa shape index (κ1) is 36.0. The first-order valence-corrected chi connectivity index (χ1v) is 20.7. The molecular weight excluding hydrogens is 741 g/mol. The molecule has 0 amide bonds. The van der Waals surface area contributed by atoms with Crippen molar-refractivity contribution in [2.45, 2.75) is 0 Å². The molecule has 10 aromatic carbocycles. The molecule has 10 aromatic rings. The molecule has 0 bridgehead atoms. The van der Waals surface area contributed by atoms with Gasteiger partial charge in [0, 0.05) is 50.8 Å². The van der Waals surface area contributed by atoms with Crippen LogP contribution in [0.15, 0.2) is 243 Å². The third-order valence-corrected chi connectivity index (χ3v) is 11.7. The van der Waals surface area contributed by atoms with Crippen LogP contribution in [0, 0.1) is 0 Å². The van der Waals surface area contributed by atoms with Gasteiger partial charge in [-0.15, -0.1) is 0 Å². The van der Waals surface area contributed by atoms with Crippen LogP contribution in [0.2, 0.25) is 0 Å². The molecule has 0 radical (unpaired) electrons. The van der Waals surface area contributed by atoms with E-state index in [1.165, 1.54) is 33.4 Å². The first-order chi connectivity index (χ1) is 30.2. The molecule has 0 saturated carbocycles. The van der Waals surface area contributed by atoms with Crippen molar-refractivity contribution in [1.82, 2.24) is 0 Å². The average Bonchev–Trinajstić information content (AvgIpc) is 3.34. The topological polar surface area (TPSA) is 15.7 Å². The molecule has 0 aromatic heterocycles. The Kier molecular flexibility index (Phi) is 9.18. The molecule has 1 heterocycles. The molecule has 0 fully saturated rings. The normalized spacial score (nSPS) is 11.4. The average molecular weight is 781 g/mol. The number of rotatable bonds is 9. The Morgan fingerprint density at radius 1 is 0.262 bits per heavy atom. The smallest absolute Gasteiger partial charge is 0.137 e. The quantitative estimate of drug-likeness (QED) is 0.145. The molecule has 3 nitrogen and oxygen atoms in total. The van der Waals surface area contributed by atoms with Gasteiger partial charge in [-0.1, -0.05) is 164 Å². The van der Waals surface area contributed by atoms with E-state index in [0.717, 1.165) is 67.5 Å². The van der Waals surface area contributed by atoms with Crippen LogP contribution in [0.25, 0.3) is 55.3 Å².